The van der Waals surface area contributed by atoms with Crippen LogP contribution in [-0.4, -0.2) is 18.7 Å². The first-order chi connectivity index (χ1) is 13.6. The molecule has 0 aliphatic carbocycles. The molecule has 3 aromatic rings. The summed E-state index contributed by atoms with van der Waals surface area (Å²) >= 11 is 0. The highest BCUT2D eigenvalue weighted by Gasteiger charge is 2.05. The van der Waals surface area contributed by atoms with Crippen molar-refractivity contribution in [1.82, 2.24) is 0 Å². The summed E-state index contributed by atoms with van der Waals surface area (Å²) in [5.74, 6) is 0.435. The summed E-state index contributed by atoms with van der Waals surface area (Å²) in [6.45, 7) is 4.01. The fraction of sp³-hybridized carbons (Fsp3) is 0.130. The van der Waals surface area contributed by atoms with Gasteiger partial charge in [-0.15, -0.1) is 0 Å². The third-order valence-electron chi connectivity index (χ3n) is 4.22. The minimum Gasteiger partial charge on any atom is -0.484 e. The number of ether oxygens (including phenoxy) is 1. The van der Waals surface area contributed by atoms with Crippen molar-refractivity contribution >= 4 is 23.5 Å². The van der Waals surface area contributed by atoms with Crippen molar-refractivity contribution in [2.24, 2.45) is 5.10 Å². The lowest BCUT2D eigenvalue weighted by atomic mass is 10.1. The number of amides is 1. The molecule has 0 saturated carbocycles. The van der Waals surface area contributed by atoms with Gasteiger partial charge in [0.25, 0.3) is 5.91 Å². The van der Waals surface area contributed by atoms with Gasteiger partial charge in [-0.25, -0.2) is 0 Å². The van der Waals surface area contributed by atoms with Gasteiger partial charge in [-0.3, -0.25) is 10.2 Å². The molecule has 142 valence electrons. The molecule has 0 unspecified atom stereocenters. The van der Waals surface area contributed by atoms with E-state index in [0.717, 1.165) is 22.5 Å². The fourth-order valence-electron chi connectivity index (χ4n) is 2.51. The van der Waals surface area contributed by atoms with E-state index in [0.29, 0.717) is 5.75 Å². The molecule has 0 bridgehead atoms. The molecule has 0 aliphatic rings. The van der Waals surface area contributed by atoms with Crippen LogP contribution >= 0.6 is 0 Å². The summed E-state index contributed by atoms with van der Waals surface area (Å²) in [5, 5.41) is 7.04. The number of benzene rings is 3. The Bertz CT molecular complexity index is 951. The maximum atomic E-state index is 12.1. The molecule has 0 atom stereocenters. The van der Waals surface area contributed by atoms with Gasteiger partial charge >= 0.3 is 0 Å². The molecule has 0 aliphatic heterocycles. The van der Waals surface area contributed by atoms with Gasteiger partial charge in [-0.2, -0.15) is 5.10 Å². The predicted molar refractivity (Wildman–Crippen MR) is 114 cm³/mol. The third-order valence-corrected chi connectivity index (χ3v) is 4.22. The molecule has 5 heteroatoms. The Kier molecular flexibility index (Phi) is 6.41. The summed E-state index contributed by atoms with van der Waals surface area (Å²) < 4.78 is 5.55. The first-order valence-electron chi connectivity index (χ1n) is 9.04. The van der Waals surface area contributed by atoms with Crippen LogP contribution in [0.2, 0.25) is 0 Å². The lowest BCUT2D eigenvalue weighted by Gasteiger charge is -2.09. The minimum atomic E-state index is -0.194. The van der Waals surface area contributed by atoms with Gasteiger partial charge in [0.15, 0.2) is 6.61 Å². The second-order valence-electron chi connectivity index (χ2n) is 6.44. The van der Waals surface area contributed by atoms with E-state index in [1.165, 1.54) is 5.56 Å². The van der Waals surface area contributed by atoms with Gasteiger partial charge in [-0.05, 0) is 79.1 Å². The van der Waals surface area contributed by atoms with E-state index >= 15 is 0 Å². The summed E-state index contributed by atoms with van der Waals surface area (Å²) in [4.78, 5) is 12.1. The van der Waals surface area contributed by atoms with Crippen molar-refractivity contribution in [3.63, 3.8) is 0 Å². The molecule has 0 aromatic heterocycles. The number of nitrogens with one attached hydrogen (secondary N) is 2. The van der Waals surface area contributed by atoms with Crippen LogP contribution in [0.1, 0.15) is 16.7 Å². The smallest absolute Gasteiger partial charge is 0.262 e. The number of hydrogen-bond donors (Lipinski definition) is 2. The number of rotatable bonds is 7. The molecule has 5 nitrogen and oxygen atoms in total. The van der Waals surface area contributed by atoms with Crippen molar-refractivity contribution in [3.05, 3.63) is 89.5 Å². The largest absolute Gasteiger partial charge is 0.484 e. The Morgan fingerprint density at radius 2 is 1.68 bits per heavy atom. The van der Waals surface area contributed by atoms with Crippen molar-refractivity contribution in [3.8, 4) is 5.75 Å². The van der Waals surface area contributed by atoms with Crippen LogP contribution in [0.5, 0.6) is 5.75 Å². The highest BCUT2D eigenvalue weighted by Crippen LogP contribution is 2.15. The maximum absolute atomic E-state index is 12.1. The van der Waals surface area contributed by atoms with Crippen molar-refractivity contribution in [1.29, 1.82) is 0 Å². The fourth-order valence-corrected chi connectivity index (χ4v) is 2.51. The van der Waals surface area contributed by atoms with Crippen LogP contribution in [0.15, 0.2) is 77.9 Å². The molecule has 0 radical (unpaired) electrons. The molecule has 3 rings (SSSR count). The summed E-state index contributed by atoms with van der Waals surface area (Å²) in [7, 11) is 0. The molecule has 0 saturated heterocycles. The predicted octanol–water partition coefficient (Wildman–Crippen LogP) is 4.77. The molecule has 28 heavy (non-hydrogen) atoms. The number of nitrogens with zero attached hydrogens (tertiary/aromatic N) is 1. The molecule has 0 spiro atoms. The van der Waals surface area contributed by atoms with Crippen LogP contribution in [0.3, 0.4) is 0 Å². The second-order valence-corrected chi connectivity index (χ2v) is 6.44. The first kappa shape index (κ1) is 19.2. The number of hydrazone groups is 1. The van der Waals surface area contributed by atoms with Crippen molar-refractivity contribution < 1.29 is 9.53 Å². The summed E-state index contributed by atoms with van der Waals surface area (Å²) in [6, 6.07) is 22.9. The molecule has 3 aromatic carbocycles. The van der Waals surface area contributed by atoms with Crippen LogP contribution < -0.4 is 15.5 Å². The van der Waals surface area contributed by atoms with Gasteiger partial charge in [0, 0.05) is 5.69 Å². The number of hydrogen-bond acceptors (Lipinski definition) is 4. The average Bonchev–Trinajstić information content (AvgIpc) is 2.71. The number of anilines is 2. The van der Waals surface area contributed by atoms with Crippen molar-refractivity contribution in [2.45, 2.75) is 13.8 Å². The number of carbonyl (C=O) groups is 1. The Labute approximate surface area is 165 Å². The van der Waals surface area contributed by atoms with Crippen LogP contribution in [0.25, 0.3) is 0 Å². The van der Waals surface area contributed by atoms with Crippen LogP contribution in [-0.2, 0) is 4.79 Å². The monoisotopic (exact) mass is 373 g/mol. The normalized spacial score (nSPS) is 10.6. The van der Waals surface area contributed by atoms with Gasteiger partial charge in [0.2, 0.25) is 0 Å². The van der Waals surface area contributed by atoms with E-state index in [1.54, 1.807) is 6.21 Å². The standard InChI is InChI=1S/C23H23N3O2/c1-17-8-11-21(14-18(17)2)25-23(27)16-28-22-12-9-19(10-13-22)15-24-26-20-6-4-3-5-7-20/h3-15,26H,16H2,1-2H3,(H,25,27). The van der Waals surface area contributed by atoms with E-state index in [4.69, 9.17) is 4.74 Å². The van der Waals surface area contributed by atoms with E-state index < -0.39 is 0 Å². The van der Waals surface area contributed by atoms with Gasteiger partial charge in [-0.1, -0.05) is 24.3 Å². The van der Waals surface area contributed by atoms with Gasteiger partial charge < -0.3 is 10.1 Å². The highest BCUT2D eigenvalue weighted by molar-refractivity contribution is 5.92. The maximum Gasteiger partial charge on any atom is 0.262 e. The molecule has 0 heterocycles. The molecule has 0 fully saturated rings. The topological polar surface area (TPSA) is 62.7 Å². The third kappa shape index (κ3) is 5.71. The van der Waals surface area contributed by atoms with Crippen molar-refractivity contribution in [2.75, 3.05) is 17.3 Å². The minimum absolute atomic E-state index is 0.0457. The highest BCUT2D eigenvalue weighted by atomic mass is 16.5. The quantitative estimate of drug-likeness (QED) is 0.463. The van der Waals surface area contributed by atoms with E-state index in [2.05, 4.69) is 15.8 Å². The molecular formula is C23H23N3O2. The number of para-hydroxylation sites is 1. The Balaban J connectivity index is 1.47. The van der Waals surface area contributed by atoms with E-state index in [9.17, 15) is 4.79 Å². The Morgan fingerprint density at radius 1 is 0.929 bits per heavy atom. The number of carbonyl (C=O) groups excluding carboxylic acids is 1. The first-order valence-corrected chi connectivity index (χ1v) is 9.04. The lowest BCUT2D eigenvalue weighted by molar-refractivity contribution is -0.118. The average molecular weight is 373 g/mol. The van der Waals surface area contributed by atoms with E-state index in [-0.39, 0.29) is 12.5 Å². The zero-order valence-corrected chi connectivity index (χ0v) is 16.0. The van der Waals surface area contributed by atoms with Gasteiger partial charge in [0.05, 0.1) is 11.9 Å². The van der Waals surface area contributed by atoms with Crippen LogP contribution in [0.4, 0.5) is 11.4 Å². The molecule has 2 N–H and O–H groups in total. The zero-order chi connectivity index (χ0) is 19.8. The summed E-state index contributed by atoms with van der Waals surface area (Å²) in [6.07, 6.45) is 1.73. The lowest BCUT2D eigenvalue weighted by Crippen LogP contribution is -2.20. The Hall–Kier alpha value is -3.60. The Morgan fingerprint density at radius 3 is 2.39 bits per heavy atom. The number of aryl methyl sites for hydroxylation is 2. The SMILES string of the molecule is Cc1ccc(NC(=O)COc2ccc(C=NNc3ccccc3)cc2)cc1C. The zero-order valence-electron chi connectivity index (χ0n) is 16.0. The van der Waals surface area contributed by atoms with E-state index in [1.807, 2.05) is 86.6 Å². The molecule has 1 amide bonds. The molecular weight excluding hydrogens is 350 g/mol. The van der Waals surface area contributed by atoms with Gasteiger partial charge in [0.1, 0.15) is 5.75 Å². The second kappa shape index (κ2) is 9.37. The summed E-state index contributed by atoms with van der Waals surface area (Å²) in [5.41, 5.74) is 7.92. The van der Waals surface area contributed by atoms with Crippen LogP contribution in [0, 0.1) is 13.8 Å².